The van der Waals surface area contributed by atoms with Crippen LogP contribution in [0.25, 0.3) is 0 Å². The Labute approximate surface area is 197 Å². The molecule has 174 valence electrons. The zero-order valence-electron chi connectivity index (χ0n) is 19.4. The third-order valence-corrected chi connectivity index (χ3v) is 6.35. The second kappa shape index (κ2) is 10.2. The third kappa shape index (κ3) is 5.63. The number of rotatable bonds is 7. The summed E-state index contributed by atoms with van der Waals surface area (Å²) in [6, 6.07) is 10.3. The highest BCUT2D eigenvalue weighted by Gasteiger charge is 2.25. The maximum absolute atomic E-state index is 12.2. The lowest BCUT2D eigenvalue weighted by Gasteiger charge is -2.36. The van der Waals surface area contributed by atoms with Crippen LogP contribution in [0, 0.1) is 20.8 Å². The predicted molar refractivity (Wildman–Crippen MR) is 129 cm³/mol. The standard InChI is InChI=1S/C23H29N7O2S/c1-15-5-7-18(8-6-15)33-23-25-21(24-19-13-16(2)27-28-19)17(3)22(26-23)30-11-9-29(10-12-30)20(31)14-32-4/h5-8,13H,9-12,14H2,1-4H3,(H2,24,25,26,27,28). The Balaban J connectivity index is 1.61. The number of aromatic amines is 1. The molecule has 1 amide bonds. The van der Waals surface area contributed by atoms with Gasteiger partial charge in [-0.05, 0) is 44.7 Å². The topological polar surface area (TPSA) is 99.3 Å². The number of nitrogens with one attached hydrogen (secondary N) is 2. The van der Waals surface area contributed by atoms with E-state index < -0.39 is 0 Å². The number of anilines is 3. The summed E-state index contributed by atoms with van der Waals surface area (Å²) in [5.74, 6) is 2.32. The van der Waals surface area contributed by atoms with Crippen LogP contribution in [0.2, 0.25) is 0 Å². The van der Waals surface area contributed by atoms with Crippen molar-refractivity contribution < 1.29 is 9.53 Å². The largest absolute Gasteiger partial charge is 0.375 e. The molecule has 9 nitrogen and oxygen atoms in total. The van der Waals surface area contributed by atoms with Gasteiger partial charge in [0.15, 0.2) is 11.0 Å². The predicted octanol–water partition coefficient (Wildman–Crippen LogP) is 3.31. The van der Waals surface area contributed by atoms with E-state index in [1.807, 2.05) is 24.8 Å². The van der Waals surface area contributed by atoms with Gasteiger partial charge >= 0.3 is 0 Å². The fourth-order valence-corrected chi connectivity index (χ4v) is 4.41. The van der Waals surface area contributed by atoms with E-state index >= 15 is 0 Å². The summed E-state index contributed by atoms with van der Waals surface area (Å²) in [6.07, 6.45) is 0. The average Bonchev–Trinajstić information content (AvgIpc) is 3.22. The number of amides is 1. The smallest absolute Gasteiger partial charge is 0.248 e. The Morgan fingerprint density at radius 1 is 1.12 bits per heavy atom. The number of hydrogen-bond acceptors (Lipinski definition) is 8. The minimum absolute atomic E-state index is 0.0171. The first-order chi connectivity index (χ1) is 15.9. The van der Waals surface area contributed by atoms with Gasteiger partial charge in [-0.15, -0.1) is 0 Å². The van der Waals surface area contributed by atoms with Gasteiger partial charge in [-0.25, -0.2) is 9.97 Å². The van der Waals surface area contributed by atoms with Gasteiger partial charge in [0.1, 0.15) is 18.2 Å². The molecule has 33 heavy (non-hydrogen) atoms. The molecular formula is C23H29N7O2S. The molecule has 0 radical (unpaired) electrons. The van der Waals surface area contributed by atoms with Gasteiger partial charge in [0.25, 0.3) is 0 Å². The second-order valence-electron chi connectivity index (χ2n) is 8.08. The van der Waals surface area contributed by atoms with Crippen molar-refractivity contribution in [1.29, 1.82) is 0 Å². The molecule has 1 aromatic carbocycles. The van der Waals surface area contributed by atoms with Crippen LogP contribution in [-0.4, -0.2) is 70.9 Å². The van der Waals surface area contributed by atoms with Crippen LogP contribution in [-0.2, 0) is 9.53 Å². The number of piperazine rings is 1. The summed E-state index contributed by atoms with van der Waals surface area (Å²) in [5.41, 5.74) is 3.12. The number of benzene rings is 1. The Kier molecular flexibility index (Phi) is 7.14. The Bertz CT molecular complexity index is 1110. The summed E-state index contributed by atoms with van der Waals surface area (Å²) in [5, 5.41) is 11.2. The lowest BCUT2D eigenvalue weighted by Crippen LogP contribution is -2.50. The van der Waals surface area contributed by atoms with Crippen LogP contribution in [0.3, 0.4) is 0 Å². The first-order valence-corrected chi connectivity index (χ1v) is 11.7. The summed E-state index contributed by atoms with van der Waals surface area (Å²) >= 11 is 1.53. The van der Waals surface area contributed by atoms with Gasteiger partial charge in [0.05, 0.1) is 0 Å². The van der Waals surface area contributed by atoms with E-state index in [1.165, 1.54) is 17.3 Å². The lowest BCUT2D eigenvalue weighted by molar-refractivity contribution is -0.135. The Morgan fingerprint density at radius 2 is 1.85 bits per heavy atom. The van der Waals surface area contributed by atoms with E-state index in [1.54, 1.807) is 7.11 Å². The lowest BCUT2D eigenvalue weighted by atomic mass is 10.2. The average molecular weight is 468 g/mol. The van der Waals surface area contributed by atoms with Crippen LogP contribution in [0.15, 0.2) is 40.4 Å². The first-order valence-electron chi connectivity index (χ1n) is 10.9. The molecule has 4 rings (SSSR count). The normalized spacial score (nSPS) is 13.9. The molecule has 0 aliphatic carbocycles. The molecule has 10 heteroatoms. The second-order valence-corrected chi connectivity index (χ2v) is 9.12. The minimum Gasteiger partial charge on any atom is -0.375 e. The van der Waals surface area contributed by atoms with Crippen molar-refractivity contribution in [1.82, 2.24) is 25.1 Å². The fraction of sp³-hybridized carbons (Fsp3) is 0.391. The Morgan fingerprint density at radius 3 is 2.48 bits per heavy atom. The molecule has 1 aliphatic rings. The number of aryl methyl sites for hydroxylation is 2. The van der Waals surface area contributed by atoms with Crippen LogP contribution >= 0.6 is 11.8 Å². The molecular weight excluding hydrogens is 438 g/mol. The highest BCUT2D eigenvalue weighted by atomic mass is 32.2. The molecule has 1 fully saturated rings. The SMILES string of the molecule is COCC(=O)N1CCN(c2nc(Sc3ccc(C)cc3)nc(Nc3cc(C)[nH]n3)c2C)CC1. The van der Waals surface area contributed by atoms with Crippen LogP contribution in [0.4, 0.5) is 17.5 Å². The molecule has 0 spiro atoms. The van der Waals surface area contributed by atoms with Crippen molar-refractivity contribution in [3.05, 3.63) is 47.2 Å². The van der Waals surface area contributed by atoms with Crippen LogP contribution in [0.1, 0.15) is 16.8 Å². The monoisotopic (exact) mass is 467 g/mol. The highest BCUT2D eigenvalue weighted by molar-refractivity contribution is 7.99. The fourth-order valence-electron chi connectivity index (χ4n) is 3.66. The number of carbonyl (C=O) groups is 1. The van der Waals surface area contributed by atoms with Crippen molar-refractivity contribution in [2.75, 3.05) is 50.1 Å². The van der Waals surface area contributed by atoms with Crippen LogP contribution < -0.4 is 10.2 Å². The minimum atomic E-state index is 0.0171. The van der Waals surface area contributed by atoms with Gasteiger partial charge in [-0.2, -0.15) is 5.10 Å². The van der Waals surface area contributed by atoms with E-state index in [-0.39, 0.29) is 12.5 Å². The maximum atomic E-state index is 12.2. The molecule has 2 aromatic heterocycles. The summed E-state index contributed by atoms with van der Waals surface area (Å²) < 4.78 is 5.00. The number of H-pyrrole nitrogens is 1. The first kappa shape index (κ1) is 23.1. The Hall–Kier alpha value is -3.11. The van der Waals surface area contributed by atoms with Gasteiger partial charge in [0.2, 0.25) is 5.91 Å². The van der Waals surface area contributed by atoms with Crippen molar-refractivity contribution in [2.45, 2.75) is 30.8 Å². The molecule has 0 saturated carbocycles. The zero-order valence-corrected chi connectivity index (χ0v) is 20.2. The maximum Gasteiger partial charge on any atom is 0.248 e. The number of ether oxygens (including phenoxy) is 1. The van der Waals surface area contributed by atoms with Crippen LogP contribution in [0.5, 0.6) is 0 Å². The van der Waals surface area contributed by atoms with Crippen molar-refractivity contribution in [3.63, 3.8) is 0 Å². The molecule has 2 N–H and O–H groups in total. The highest BCUT2D eigenvalue weighted by Crippen LogP contribution is 2.32. The molecule has 0 bridgehead atoms. The van der Waals surface area contributed by atoms with E-state index in [0.717, 1.165) is 27.8 Å². The number of methoxy groups -OCH3 is 1. The number of nitrogens with zero attached hydrogens (tertiary/aromatic N) is 5. The molecule has 0 unspecified atom stereocenters. The van der Waals surface area contributed by atoms with Gasteiger partial charge in [-0.3, -0.25) is 9.89 Å². The van der Waals surface area contributed by atoms with E-state index in [4.69, 9.17) is 14.7 Å². The van der Waals surface area contributed by atoms with Crippen molar-refractivity contribution in [3.8, 4) is 0 Å². The molecule has 1 aliphatic heterocycles. The number of carbonyl (C=O) groups excluding carboxylic acids is 1. The summed E-state index contributed by atoms with van der Waals surface area (Å²) in [7, 11) is 1.54. The van der Waals surface area contributed by atoms with E-state index in [9.17, 15) is 4.79 Å². The molecule has 0 atom stereocenters. The number of aromatic nitrogens is 4. The van der Waals surface area contributed by atoms with Crippen molar-refractivity contribution in [2.24, 2.45) is 0 Å². The van der Waals surface area contributed by atoms with Gasteiger partial charge in [0, 0.05) is 55.5 Å². The van der Waals surface area contributed by atoms with Crippen molar-refractivity contribution >= 4 is 35.1 Å². The molecule has 1 saturated heterocycles. The number of hydrogen-bond donors (Lipinski definition) is 2. The zero-order chi connectivity index (χ0) is 23.4. The molecule has 3 aromatic rings. The van der Waals surface area contributed by atoms with E-state index in [0.29, 0.717) is 37.2 Å². The van der Waals surface area contributed by atoms with Gasteiger partial charge < -0.3 is 19.9 Å². The van der Waals surface area contributed by atoms with Gasteiger partial charge in [-0.1, -0.05) is 17.7 Å². The van der Waals surface area contributed by atoms with E-state index in [2.05, 4.69) is 51.6 Å². The summed E-state index contributed by atoms with van der Waals surface area (Å²) in [6.45, 7) is 8.81. The molecule has 3 heterocycles. The summed E-state index contributed by atoms with van der Waals surface area (Å²) in [4.78, 5) is 27.0. The third-order valence-electron chi connectivity index (χ3n) is 5.48. The quantitative estimate of drug-likeness (QED) is 0.511.